The molecular formula is C15H19IN4O4S. The number of nitrogens with one attached hydrogen (secondary N) is 2. The van der Waals surface area contributed by atoms with E-state index in [0.717, 1.165) is 5.69 Å². The summed E-state index contributed by atoms with van der Waals surface area (Å²) in [5, 5.41) is 10.2. The summed E-state index contributed by atoms with van der Waals surface area (Å²) in [5.41, 5.74) is 1.60. The van der Waals surface area contributed by atoms with Gasteiger partial charge in [0.05, 0.1) is 0 Å². The first-order valence-corrected chi connectivity index (χ1v) is 8.61. The monoisotopic (exact) mass is 478 g/mol. The van der Waals surface area contributed by atoms with Crippen LogP contribution in [0.5, 0.6) is 5.75 Å². The van der Waals surface area contributed by atoms with Crippen molar-refractivity contribution in [1.29, 1.82) is 0 Å². The second-order valence-electron chi connectivity index (χ2n) is 5.03. The summed E-state index contributed by atoms with van der Waals surface area (Å²) in [6, 6.07) is 11.3. The van der Waals surface area contributed by atoms with E-state index in [0.29, 0.717) is 18.7 Å². The molecule has 4 N–H and O–H groups in total. The van der Waals surface area contributed by atoms with Crippen LogP contribution in [0.2, 0.25) is 0 Å². The number of pyridine rings is 1. The molecule has 0 bridgehead atoms. The normalized spacial score (nSPS) is 10.5. The molecule has 2 amide bonds. The zero-order valence-corrected chi connectivity index (χ0v) is 16.5. The number of rotatable bonds is 6. The highest BCUT2D eigenvalue weighted by molar-refractivity contribution is 7.84. The van der Waals surface area contributed by atoms with Gasteiger partial charge in [-0.1, -0.05) is 6.07 Å². The van der Waals surface area contributed by atoms with E-state index in [9.17, 15) is 13.2 Å². The van der Waals surface area contributed by atoms with Crippen molar-refractivity contribution in [3.8, 4) is 5.75 Å². The average molecular weight is 478 g/mol. The minimum absolute atomic E-state index is 0. The largest absolute Gasteiger partial charge is 1.00 e. The minimum atomic E-state index is -4.06. The molecule has 0 radical (unpaired) electrons. The first-order valence-electron chi connectivity index (χ1n) is 7.14. The summed E-state index contributed by atoms with van der Waals surface area (Å²) in [6.45, 7) is 0.482. The molecule has 0 aliphatic carbocycles. The lowest BCUT2D eigenvalue weighted by Crippen LogP contribution is -3.00. The van der Waals surface area contributed by atoms with E-state index in [2.05, 4.69) is 14.8 Å². The van der Waals surface area contributed by atoms with Crippen LogP contribution in [0.4, 0.5) is 10.5 Å². The third-order valence-electron chi connectivity index (χ3n) is 3.15. The number of amides is 2. The summed E-state index contributed by atoms with van der Waals surface area (Å²) >= 11 is 0. The fourth-order valence-electron chi connectivity index (χ4n) is 2.03. The lowest BCUT2D eigenvalue weighted by Gasteiger charge is -2.08. The number of nitrogens with zero attached hydrogens (tertiary/aromatic N) is 1. The Morgan fingerprint density at radius 1 is 1.20 bits per heavy atom. The summed E-state index contributed by atoms with van der Waals surface area (Å²) in [7, 11) is -2.11. The second-order valence-corrected chi connectivity index (χ2v) is 6.19. The van der Waals surface area contributed by atoms with Gasteiger partial charge in [-0.2, -0.15) is 13.6 Å². The van der Waals surface area contributed by atoms with Crippen molar-refractivity contribution in [2.24, 2.45) is 12.2 Å². The molecule has 1 aromatic carbocycles. The predicted octanol–water partition coefficient (Wildman–Crippen LogP) is -2.54. The molecule has 2 aromatic rings. The van der Waals surface area contributed by atoms with E-state index in [4.69, 9.17) is 5.14 Å². The Morgan fingerprint density at radius 2 is 1.88 bits per heavy atom. The van der Waals surface area contributed by atoms with E-state index in [1.54, 1.807) is 0 Å². The molecule has 2 rings (SSSR count). The van der Waals surface area contributed by atoms with Crippen LogP contribution in [-0.4, -0.2) is 21.0 Å². The number of aryl methyl sites for hydroxylation is 1. The van der Waals surface area contributed by atoms with Crippen molar-refractivity contribution in [3.63, 3.8) is 0 Å². The number of aromatic nitrogens is 1. The van der Waals surface area contributed by atoms with Gasteiger partial charge in [-0.05, 0) is 24.3 Å². The molecule has 0 fully saturated rings. The molecule has 8 nitrogen and oxygen atoms in total. The van der Waals surface area contributed by atoms with Gasteiger partial charge in [-0.15, -0.1) is 0 Å². The zero-order chi connectivity index (χ0) is 17.6. The average Bonchev–Trinajstić information content (AvgIpc) is 2.50. The highest BCUT2D eigenvalue weighted by atomic mass is 127. The Bertz CT molecular complexity index is 813. The van der Waals surface area contributed by atoms with Crippen LogP contribution < -0.4 is 48.5 Å². The fraction of sp³-hybridized carbons (Fsp3) is 0.200. The van der Waals surface area contributed by atoms with Gasteiger partial charge in [-0.3, -0.25) is 0 Å². The molecule has 0 saturated heterocycles. The van der Waals surface area contributed by atoms with E-state index in [1.165, 1.54) is 24.3 Å². The van der Waals surface area contributed by atoms with Crippen LogP contribution in [-0.2, 0) is 23.8 Å². The fourth-order valence-corrected chi connectivity index (χ4v) is 2.41. The third-order valence-corrected chi connectivity index (χ3v) is 3.58. The van der Waals surface area contributed by atoms with Gasteiger partial charge >= 0.3 is 16.3 Å². The molecule has 1 heterocycles. The first-order chi connectivity index (χ1) is 11.3. The number of nitrogens with two attached hydrogens (primary N) is 1. The van der Waals surface area contributed by atoms with Crippen LogP contribution >= 0.6 is 0 Å². The van der Waals surface area contributed by atoms with Crippen LogP contribution in [0.15, 0.2) is 48.7 Å². The summed E-state index contributed by atoms with van der Waals surface area (Å²) in [6.07, 6.45) is 2.65. The Balaban J connectivity index is 0.00000312. The number of carbonyl (C=O) groups excluding carboxylic acids is 1. The quantitative estimate of drug-likeness (QED) is 0.314. The van der Waals surface area contributed by atoms with Crippen LogP contribution in [0.1, 0.15) is 5.69 Å². The number of urea groups is 1. The Hall–Kier alpha value is -1.92. The van der Waals surface area contributed by atoms with Crippen LogP contribution in [0, 0.1) is 0 Å². The lowest BCUT2D eigenvalue weighted by molar-refractivity contribution is -0.679. The number of hydrogen-bond acceptors (Lipinski definition) is 4. The van der Waals surface area contributed by atoms with E-state index in [-0.39, 0.29) is 35.8 Å². The van der Waals surface area contributed by atoms with Crippen molar-refractivity contribution in [1.82, 2.24) is 5.32 Å². The maximum atomic E-state index is 11.8. The smallest absolute Gasteiger partial charge is 0.380 e. The topological polar surface area (TPSA) is 114 Å². The lowest BCUT2D eigenvalue weighted by atomic mass is 10.2. The molecule has 0 atom stereocenters. The zero-order valence-electron chi connectivity index (χ0n) is 13.5. The molecule has 136 valence electrons. The van der Waals surface area contributed by atoms with Crippen molar-refractivity contribution < 1.29 is 45.9 Å². The van der Waals surface area contributed by atoms with Gasteiger partial charge in [0.25, 0.3) is 0 Å². The number of benzene rings is 1. The highest BCUT2D eigenvalue weighted by Gasteiger charge is 2.07. The Labute approximate surface area is 163 Å². The second kappa shape index (κ2) is 9.53. The molecule has 10 heteroatoms. The van der Waals surface area contributed by atoms with Crippen molar-refractivity contribution >= 4 is 22.0 Å². The molecule has 0 spiro atoms. The SMILES string of the molecule is C[n+]1ccccc1CCNC(=O)Nc1ccc(OS(N)(=O)=O)cc1.[I-]. The van der Waals surface area contributed by atoms with Gasteiger partial charge < -0.3 is 38.8 Å². The van der Waals surface area contributed by atoms with E-state index in [1.807, 2.05) is 36.0 Å². The van der Waals surface area contributed by atoms with Gasteiger partial charge in [0.15, 0.2) is 11.9 Å². The minimum Gasteiger partial charge on any atom is -1.00 e. The predicted molar refractivity (Wildman–Crippen MR) is 88.5 cm³/mol. The van der Waals surface area contributed by atoms with Gasteiger partial charge in [0, 0.05) is 30.8 Å². The maximum Gasteiger partial charge on any atom is 0.380 e. The first kappa shape index (κ1) is 21.1. The van der Waals surface area contributed by atoms with Crippen LogP contribution in [0.25, 0.3) is 0 Å². The van der Waals surface area contributed by atoms with E-state index >= 15 is 0 Å². The molecule has 1 aromatic heterocycles. The molecule has 0 unspecified atom stereocenters. The highest BCUT2D eigenvalue weighted by Crippen LogP contribution is 2.16. The maximum absolute atomic E-state index is 11.8. The van der Waals surface area contributed by atoms with Gasteiger partial charge in [0.1, 0.15) is 12.8 Å². The van der Waals surface area contributed by atoms with Crippen molar-refractivity contribution in [2.75, 3.05) is 11.9 Å². The van der Waals surface area contributed by atoms with E-state index < -0.39 is 10.3 Å². The van der Waals surface area contributed by atoms with Gasteiger partial charge in [-0.25, -0.2) is 9.36 Å². The van der Waals surface area contributed by atoms with Crippen molar-refractivity contribution in [3.05, 3.63) is 54.4 Å². The molecule has 0 aliphatic rings. The Kier molecular flexibility index (Phi) is 8.06. The number of carbonyl (C=O) groups is 1. The summed E-state index contributed by atoms with van der Waals surface area (Å²) in [5.74, 6) is 0.0695. The number of hydrogen-bond donors (Lipinski definition) is 3. The molecular weight excluding hydrogens is 459 g/mol. The van der Waals surface area contributed by atoms with Crippen molar-refractivity contribution in [2.45, 2.75) is 6.42 Å². The third kappa shape index (κ3) is 7.67. The molecule has 25 heavy (non-hydrogen) atoms. The molecule has 0 saturated carbocycles. The Morgan fingerprint density at radius 3 is 2.48 bits per heavy atom. The van der Waals surface area contributed by atoms with Crippen LogP contribution in [0.3, 0.4) is 0 Å². The molecule has 0 aliphatic heterocycles. The summed E-state index contributed by atoms with van der Waals surface area (Å²) < 4.78 is 28.1. The number of halogens is 1. The van der Waals surface area contributed by atoms with Gasteiger partial charge in [0.2, 0.25) is 0 Å². The number of anilines is 1. The standard InChI is InChI=1S/C15H18N4O4S.HI/c1-19-11-3-2-4-13(19)9-10-17-15(20)18-12-5-7-14(8-6-12)23-24(16,21)22;/h2-8,11H,9-10H2,1H3,(H3-,16,17,18,20,21,22);1H. The summed E-state index contributed by atoms with van der Waals surface area (Å²) in [4.78, 5) is 11.8.